The fourth-order valence-electron chi connectivity index (χ4n) is 2.72. The molecule has 5 heteroatoms. The van der Waals surface area contributed by atoms with Crippen LogP contribution in [0.2, 0.25) is 0 Å². The predicted octanol–water partition coefficient (Wildman–Crippen LogP) is 5.51. The molecule has 2 aromatic carbocycles. The highest BCUT2D eigenvalue weighted by atomic mass is 79.9. The molecule has 0 radical (unpaired) electrons. The van der Waals surface area contributed by atoms with Gasteiger partial charge in [-0.25, -0.2) is 0 Å². The van der Waals surface area contributed by atoms with Gasteiger partial charge in [-0.15, -0.1) is 0 Å². The minimum absolute atomic E-state index is 0.417. The summed E-state index contributed by atoms with van der Waals surface area (Å²) in [7, 11) is 0. The van der Waals surface area contributed by atoms with E-state index < -0.39 is 0 Å². The van der Waals surface area contributed by atoms with Crippen LogP contribution in [0.1, 0.15) is 6.92 Å². The Morgan fingerprint density at radius 2 is 2.00 bits per heavy atom. The summed E-state index contributed by atoms with van der Waals surface area (Å²) < 4.78 is 6.71. The van der Waals surface area contributed by atoms with E-state index in [1.807, 2.05) is 23.5 Å². The number of anilines is 1. The maximum atomic E-state index is 5.54. The molecule has 1 saturated heterocycles. The molecule has 2 heterocycles. The summed E-state index contributed by atoms with van der Waals surface area (Å²) in [6, 6.07) is 13.5. The summed E-state index contributed by atoms with van der Waals surface area (Å²) in [6.07, 6.45) is 0. The van der Waals surface area contributed by atoms with Gasteiger partial charge in [-0.3, -0.25) is 0 Å². The first-order chi connectivity index (χ1) is 10.7. The van der Waals surface area contributed by atoms with E-state index in [-0.39, 0.29) is 0 Å². The molecule has 2 aliphatic heterocycles. The van der Waals surface area contributed by atoms with E-state index in [0.717, 1.165) is 13.2 Å². The number of halogens is 1. The van der Waals surface area contributed by atoms with E-state index in [2.05, 4.69) is 64.6 Å². The van der Waals surface area contributed by atoms with Gasteiger partial charge in [-0.2, -0.15) is 0 Å². The fourth-order valence-corrected chi connectivity index (χ4v) is 5.75. The molecular weight excluding hydrogens is 378 g/mol. The molecule has 114 valence electrons. The molecule has 0 saturated carbocycles. The van der Waals surface area contributed by atoms with Crippen molar-refractivity contribution in [3.63, 3.8) is 0 Å². The third-order valence-corrected chi connectivity index (χ3v) is 7.54. The van der Waals surface area contributed by atoms with E-state index in [0.29, 0.717) is 12.0 Å². The van der Waals surface area contributed by atoms with Crippen LogP contribution in [0.3, 0.4) is 0 Å². The lowest BCUT2D eigenvalue weighted by atomic mass is 10.1. The average molecular weight is 394 g/mol. The number of fused-ring (bicyclic) bond motifs is 2. The number of nitrogens with one attached hydrogen (secondary N) is 1. The summed E-state index contributed by atoms with van der Waals surface area (Å²) in [4.78, 5) is 5.29. The smallest absolute Gasteiger partial charge is 0.0671 e. The van der Waals surface area contributed by atoms with Gasteiger partial charge < -0.3 is 10.1 Å². The van der Waals surface area contributed by atoms with Crippen LogP contribution in [0.25, 0.3) is 0 Å². The number of rotatable bonds is 2. The second-order valence-electron chi connectivity index (χ2n) is 5.70. The molecule has 0 amide bonds. The van der Waals surface area contributed by atoms with Crippen molar-refractivity contribution in [3.05, 3.63) is 40.9 Å². The number of benzene rings is 2. The molecular formula is C17H16BrNOS2. The van der Waals surface area contributed by atoms with Crippen molar-refractivity contribution in [2.75, 3.05) is 18.5 Å². The standard InChI is InChI=1S/C17H16BrNOS2/c1-10-8-20-9-13(10)19-11-5-6-14-16(7-11)21-15-4-2-3-12(18)17(15)22-14/h2-7,10,13,19H,8-9H2,1H3/t10-,13?/m1/s1. The maximum absolute atomic E-state index is 5.54. The Kier molecular flexibility index (Phi) is 4.15. The third-order valence-electron chi connectivity index (χ3n) is 4.02. The first-order valence-electron chi connectivity index (χ1n) is 7.33. The molecule has 22 heavy (non-hydrogen) atoms. The summed E-state index contributed by atoms with van der Waals surface area (Å²) >= 11 is 7.34. The second-order valence-corrected chi connectivity index (χ2v) is 8.69. The first kappa shape index (κ1) is 14.9. The molecule has 0 aromatic heterocycles. The zero-order chi connectivity index (χ0) is 15.1. The van der Waals surface area contributed by atoms with Crippen molar-refractivity contribution in [2.24, 2.45) is 5.92 Å². The quantitative estimate of drug-likeness (QED) is 0.618. The number of ether oxygens (including phenoxy) is 1. The zero-order valence-corrected chi connectivity index (χ0v) is 15.4. The van der Waals surface area contributed by atoms with Gasteiger partial charge in [0, 0.05) is 35.7 Å². The van der Waals surface area contributed by atoms with E-state index in [1.165, 1.54) is 29.7 Å². The van der Waals surface area contributed by atoms with E-state index in [9.17, 15) is 0 Å². The molecule has 0 bridgehead atoms. The largest absolute Gasteiger partial charge is 0.380 e. The van der Waals surface area contributed by atoms with Crippen LogP contribution in [0.5, 0.6) is 0 Å². The Bertz CT molecular complexity index is 722. The van der Waals surface area contributed by atoms with Crippen LogP contribution in [-0.4, -0.2) is 19.3 Å². The lowest BCUT2D eigenvalue weighted by Crippen LogP contribution is -2.25. The Balaban J connectivity index is 1.60. The summed E-state index contributed by atoms with van der Waals surface area (Å²) in [5, 5.41) is 3.62. The molecule has 2 nitrogen and oxygen atoms in total. The highest BCUT2D eigenvalue weighted by molar-refractivity contribution is 9.10. The molecule has 1 fully saturated rings. The minimum atomic E-state index is 0.417. The number of hydrogen-bond acceptors (Lipinski definition) is 4. The monoisotopic (exact) mass is 393 g/mol. The maximum Gasteiger partial charge on any atom is 0.0671 e. The van der Waals surface area contributed by atoms with Crippen LogP contribution in [0.15, 0.2) is 60.5 Å². The molecule has 4 rings (SSSR count). The van der Waals surface area contributed by atoms with Crippen LogP contribution < -0.4 is 5.32 Å². The second kappa shape index (κ2) is 6.11. The number of hydrogen-bond donors (Lipinski definition) is 1. The van der Waals surface area contributed by atoms with Crippen molar-refractivity contribution in [1.29, 1.82) is 0 Å². The molecule has 2 atom stereocenters. The highest BCUT2D eigenvalue weighted by Crippen LogP contribution is 2.51. The van der Waals surface area contributed by atoms with Gasteiger partial charge >= 0.3 is 0 Å². The fraction of sp³-hybridized carbons (Fsp3) is 0.294. The van der Waals surface area contributed by atoms with Gasteiger partial charge in [0.25, 0.3) is 0 Å². The van der Waals surface area contributed by atoms with Crippen molar-refractivity contribution in [2.45, 2.75) is 32.5 Å². The van der Waals surface area contributed by atoms with Gasteiger partial charge in [-0.05, 0) is 46.3 Å². The van der Waals surface area contributed by atoms with E-state index >= 15 is 0 Å². The normalized spacial score (nSPS) is 23.0. The van der Waals surface area contributed by atoms with Gasteiger partial charge in [0.1, 0.15) is 0 Å². The lowest BCUT2D eigenvalue weighted by Gasteiger charge is -2.22. The molecule has 0 spiro atoms. The average Bonchev–Trinajstić information content (AvgIpc) is 2.91. The summed E-state index contributed by atoms with van der Waals surface area (Å²) in [5.74, 6) is 0.565. The molecule has 0 aliphatic carbocycles. The summed E-state index contributed by atoms with van der Waals surface area (Å²) in [6.45, 7) is 3.89. The van der Waals surface area contributed by atoms with Crippen molar-refractivity contribution in [3.8, 4) is 0 Å². The van der Waals surface area contributed by atoms with Crippen molar-refractivity contribution < 1.29 is 4.74 Å². The van der Waals surface area contributed by atoms with Gasteiger partial charge in [-0.1, -0.05) is 36.5 Å². The van der Waals surface area contributed by atoms with Gasteiger partial charge in [0.2, 0.25) is 0 Å². The van der Waals surface area contributed by atoms with Crippen molar-refractivity contribution >= 4 is 45.1 Å². The topological polar surface area (TPSA) is 21.3 Å². The predicted molar refractivity (Wildman–Crippen MR) is 96.2 cm³/mol. The van der Waals surface area contributed by atoms with Crippen LogP contribution >= 0.6 is 39.5 Å². The van der Waals surface area contributed by atoms with E-state index in [4.69, 9.17) is 4.74 Å². The Morgan fingerprint density at radius 1 is 1.09 bits per heavy atom. The van der Waals surface area contributed by atoms with Crippen LogP contribution in [0.4, 0.5) is 5.69 Å². The van der Waals surface area contributed by atoms with Crippen LogP contribution in [-0.2, 0) is 4.74 Å². The van der Waals surface area contributed by atoms with Gasteiger partial charge in [0.15, 0.2) is 0 Å². The Labute approximate surface area is 147 Å². The molecule has 2 aliphatic rings. The molecule has 1 unspecified atom stereocenters. The lowest BCUT2D eigenvalue weighted by molar-refractivity contribution is 0.187. The zero-order valence-electron chi connectivity index (χ0n) is 12.1. The van der Waals surface area contributed by atoms with E-state index in [1.54, 1.807) is 0 Å². The van der Waals surface area contributed by atoms with Crippen molar-refractivity contribution in [1.82, 2.24) is 0 Å². The Morgan fingerprint density at radius 3 is 2.82 bits per heavy atom. The summed E-state index contributed by atoms with van der Waals surface area (Å²) in [5.41, 5.74) is 1.19. The molecule has 1 N–H and O–H groups in total. The molecule has 2 aromatic rings. The van der Waals surface area contributed by atoms with Gasteiger partial charge in [0.05, 0.1) is 19.3 Å². The first-order valence-corrected chi connectivity index (χ1v) is 9.76. The third kappa shape index (κ3) is 2.80. The van der Waals surface area contributed by atoms with Crippen LogP contribution in [0, 0.1) is 5.92 Å². The highest BCUT2D eigenvalue weighted by Gasteiger charge is 2.25. The SMILES string of the molecule is C[C@@H]1COCC1Nc1ccc2c(c1)Sc1cccc(Br)c1S2. The Hall–Kier alpha value is -0.620. The minimum Gasteiger partial charge on any atom is -0.380 e.